The number of carboxylic acid groups (broad SMARTS) is 1. The van der Waals surface area contributed by atoms with Gasteiger partial charge in [-0.1, -0.05) is 62.4 Å². The van der Waals surface area contributed by atoms with Crippen molar-refractivity contribution in [3.63, 3.8) is 0 Å². The average Bonchev–Trinajstić information content (AvgIpc) is 2.79. The van der Waals surface area contributed by atoms with Gasteiger partial charge in [-0.05, 0) is 45.1 Å². The lowest BCUT2D eigenvalue weighted by Gasteiger charge is -2.33. The van der Waals surface area contributed by atoms with Crippen molar-refractivity contribution in [2.75, 3.05) is 13.2 Å². The number of ether oxygens (including phenoxy) is 1. The molecule has 1 saturated heterocycles. The number of nitrogens with one attached hydrogen (secondary N) is 1. The standard InChI is InChI=1S/C25H38N2O5/c1-3-32-25(31)21(17-16-20-13-9-8-10-14-20)26-19(2)23(28)27-18-12-7-5-4-6-11-15-22(27)24(29)30/h8-10,13-14,19,21-22,26H,3-7,11-12,15-18H2,1-2H3,(H,29,30)/t19-,21?,22-/m0/s1. The normalized spacial score (nSPS) is 19.6. The lowest BCUT2D eigenvalue weighted by Crippen LogP contribution is -2.55. The Labute approximate surface area is 191 Å². The van der Waals surface area contributed by atoms with Crippen LogP contribution < -0.4 is 5.32 Å². The molecule has 1 heterocycles. The second-order valence-electron chi connectivity index (χ2n) is 8.51. The summed E-state index contributed by atoms with van der Waals surface area (Å²) in [5.41, 5.74) is 1.10. The van der Waals surface area contributed by atoms with E-state index in [1.807, 2.05) is 30.3 Å². The van der Waals surface area contributed by atoms with Crippen LogP contribution in [0, 0.1) is 0 Å². The molecule has 3 atom stereocenters. The molecule has 32 heavy (non-hydrogen) atoms. The molecular formula is C25H38N2O5. The van der Waals surface area contributed by atoms with Gasteiger partial charge in [0.2, 0.25) is 5.91 Å². The van der Waals surface area contributed by atoms with Crippen molar-refractivity contribution in [2.24, 2.45) is 0 Å². The Hall–Kier alpha value is -2.41. The van der Waals surface area contributed by atoms with E-state index in [-0.39, 0.29) is 18.5 Å². The lowest BCUT2D eigenvalue weighted by molar-refractivity contribution is -0.152. The second-order valence-corrected chi connectivity index (χ2v) is 8.51. The minimum absolute atomic E-state index is 0.262. The molecule has 1 aliphatic rings. The number of rotatable bonds is 9. The summed E-state index contributed by atoms with van der Waals surface area (Å²) in [4.78, 5) is 39.3. The summed E-state index contributed by atoms with van der Waals surface area (Å²) >= 11 is 0. The number of nitrogens with zero attached hydrogens (tertiary/aromatic N) is 1. The van der Waals surface area contributed by atoms with Crippen molar-refractivity contribution in [3.05, 3.63) is 35.9 Å². The van der Waals surface area contributed by atoms with Crippen LogP contribution in [0.25, 0.3) is 0 Å². The molecule has 0 aromatic heterocycles. The third-order valence-electron chi connectivity index (χ3n) is 6.03. The highest BCUT2D eigenvalue weighted by atomic mass is 16.5. The number of benzene rings is 1. The van der Waals surface area contributed by atoms with E-state index in [1.54, 1.807) is 13.8 Å². The molecule has 1 aromatic carbocycles. The Kier molecular flexibility index (Phi) is 11.2. The van der Waals surface area contributed by atoms with Gasteiger partial charge < -0.3 is 14.7 Å². The summed E-state index contributed by atoms with van der Waals surface area (Å²) in [6, 6.07) is 7.69. The maximum absolute atomic E-state index is 13.3. The largest absolute Gasteiger partial charge is 0.480 e. The molecule has 0 saturated carbocycles. The van der Waals surface area contributed by atoms with E-state index < -0.39 is 24.1 Å². The molecule has 0 radical (unpaired) electrons. The van der Waals surface area contributed by atoms with E-state index in [0.717, 1.165) is 44.1 Å². The van der Waals surface area contributed by atoms with E-state index in [1.165, 1.54) is 4.90 Å². The zero-order valence-corrected chi connectivity index (χ0v) is 19.4. The fourth-order valence-corrected chi connectivity index (χ4v) is 4.25. The van der Waals surface area contributed by atoms with Gasteiger partial charge in [-0.2, -0.15) is 0 Å². The lowest BCUT2D eigenvalue weighted by atomic mass is 10.0. The molecule has 7 nitrogen and oxygen atoms in total. The van der Waals surface area contributed by atoms with E-state index >= 15 is 0 Å². The van der Waals surface area contributed by atoms with Crippen molar-refractivity contribution in [1.82, 2.24) is 10.2 Å². The molecule has 2 rings (SSSR count). The van der Waals surface area contributed by atoms with Crippen LogP contribution >= 0.6 is 0 Å². The first-order valence-corrected chi connectivity index (χ1v) is 11.9. The van der Waals surface area contributed by atoms with Gasteiger partial charge in [0.25, 0.3) is 0 Å². The predicted molar refractivity (Wildman–Crippen MR) is 123 cm³/mol. The Morgan fingerprint density at radius 3 is 2.41 bits per heavy atom. The van der Waals surface area contributed by atoms with Gasteiger partial charge in [-0.3, -0.25) is 14.9 Å². The minimum atomic E-state index is -0.961. The maximum atomic E-state index is 13.3. The van der Waals surface area contributed by atoms with Crippen molar-refractivity contribution >= 4 is 17.8 Å². The van der Waals surface area contributed by atoms with Crippen LogP contribution in [0.4, 0.5) is 0 Å². The van der Waals surface area contributed by atoms with E-state index in [0.29, 0.717) is 25.8 Å². The van der Waals surface area contributed by atoms with Crippen molar-refractivity contribution < 1.29 is 24.2 Å². The number of hydrogen-bond acceptors (Lipinski definition) is 5. The molecular weight excluding hydrogens is 408 g/mol. The zero-order valence-electron chi connectivity index (χ0n) is 19.4. The molecule has 7 heteroatoms. The highest BCUT2D eigenvalue weighted by Crippen LogP contribution is 2.18. The maximum Gasteiger partial charge on any atom is 0.326 e. The number of carbonyl (C=O) groups excluding carboxylic acids is 2. The molecule has 1 fully saturated rings. The van der Waals surface area contributed by atoms with E-state index in [9.17, 15) is 19.5 Å². The highest BCUT2D eigenvalue weighted by Gasteiger charge is 2.33. The quantitative estimate of drug-likeness (QED) is 0.563. The molecule has 1 aromatic rings. The van der Waals surface area contributed by atoms with Gasteiger partial charge in [0.1, 0.15) is 12.1 Å². The number of amides is 1. The summed E-state index contributed by atoms with van der Waals surface area (Å²) in [6.45, 7) is 4.15. The van der Waals surface area contributed by atoms with E-state index in [4.69, 9.17) is 4.74 Å². The topological polar surface area (TPSA) is 95.9 Å². The predicted octanol–water partition coefficient (Wildman–Crippen LogP) is 3.56. The van der Waals surface area contributed by atoms with Crippen molar-refractivity contribution in [3.8, 4) is 0 Å². The van der Waals surface area contributed by atoms with Crippen LogP contribution in [-0.2, 0) is 25.5 Å². The van der Waals surface area contributed by atoms with Crippen molar-refractivity contribution in [2.45, 2.75) is 89.8 Å². The zero-order chi connectivity index (χ0) is 23.3. The summed E-state index contributed by atoms with van der Waals surface area (Å²) in [5, 5.41) is 12.9. The molecule has 0 aliphatic carbocycles. The van der Waals surface area contributed by atoms with Crippen LogP contribution in [0.1, 0.15) is 70.8 Å². The molecule has 0 bridgehead atoms. The molecule has 1 aliphatic heterocycles. The number of hydrogen-bond donors (Lipinski definition) is 2. The van der Waals surface area contributed by atoms with Gasteiger partial charge >= 0.3 is 11.9 Å². The van der Waals surface area contributed by atoms with Gasteiger partial charge in [-0.15, -0.1) is 0 Å². The SMILES string of the molecule is CCOC(=O)C(CCc1ccccc1)N[C@@H](C)C(=O)N1CCCCCCCC[C@H]1C(=O)O. The van der Waals surface area contributed by atoms with Crippen LogP contribution in [0.2, 0.25) is 0 Å². The number of esters is 1. The molecule has 0 spiro atoms. The third kappa shape index (κ3) is 8.26. The Balaban J connectivity index is 2.09. The van der Waals surface area contributed by atoms with Gasteiger partial charge in [0.15, 0.2) is 0 Å². The van der Waals surface area contributed by atoms with Crippen LogP contribution in [-0.4, -0.2) is 59.1 Å². The summed E-state index contributed by atoms with van der Waals surface area (Å²) < 4.78 is 5.22. The molecule has 1 unspecified atom stereocenters. The molecule has 178 valence electrons. The van der Waals surface area contributed by atoms with Crippen molar-refractivity contribution in [1.29, 1.82) is 0 Å². The number of aliphatic carboxylic acids is 1. The first-order valence-electron chi connectivity index (χ1n) is 11.9. The highest BCUT2D eigenvalue weighted by molar-refractivity contribution is 5.87. The Morgan fingerprint density at radius 1 is 1.09 bits per heavy atom. The summed E-state index contributed by atoms with van der Waals surface area (Å²) in [5.74, 6) is -1.62. The van der Waals surface area contributed by atoms with Gasteiger partial charge in [-0.25, -0.2) is 4.79 Å². The average molecular weight is 447 g/mol. The van der Waals surface area contributed by atoms with E-state index in [2.05, 4.69) is 5.32 Å². The first kappa shape index (κ1) is 25.8. The number of carboxylic acids is 1. The molecule has 2 N–H and O–H groups in total. The third-order valence-corrected chi connectivity index (χ3v) is 6.03. The Bertz CT molecular complexity index is 724. The van der Waals surface area contributed by atoms with Crippen LogP contribution in [0.15, 0.2) is 30.3 Å². The molecule has 1 amide bonds. The second kappa shape index (κ2) is 13.9. The van der Waals surface area contributed by atoms with Crippen LogP contribution in [0.3, 0.4) is 0 Å². The fourth-order valence-electron chi connectivity index (χ4n) is 4.25. The summed E-state index contributed by atoms with van der Waals surface area (Å²) in [7, 11) is 0. The van der Waals surface area contributed by atoms with Gasteiger partial charge in [0.05, 0.1) is 12.6 Å². The fraction of sp³-hybridized carbons (Fsp3) is 0.640. The first-order chi connectivity index (χ1) is 15.4. The monoisotopic (exact) mass is 446 g/mol. The Morgan fingerprint density at radius 2 is 1.75 bits per heavy atom. The van der Waals surface area contributed by atoms with Gasteiger partial charge in [0, 0.05) is 6.54 Å². The number of carbonyl (C=O) groups is 3. The van der Waals surface area contributed by atoms with Crippen LogP contribution in [0.5, 0.6) is 0 Å². The minimum Gasteiger partial charge on any atom is -0.480 e. The smallest absolute Gasteiger partial charge is 0.326 e. The summed E-state index contributed by atoms with van der Waals surface area (Å²) in [6.07, 6.45) is 7.40. The number of aryl methyl sites for hydroxylation is 1.